The third kappa shape index (κ3) is 2.62. The van der Waals surface area contributed by atoms with Crippen molar-refractivity contribution in [3.63, 3.8) is 0 Å². The summed E-state index contributed by atoms with van der Waals surface area (Å²) in [7, 11) is 1.62. The van der Waals surface area contributed by atoms with Gasteiger partial charge >= 0.3 is 0 Å². The molecule has 0 aliphatic carbocycles. The van der Waals surface area contributed by atoms with Gasteiger partial charge in [-0.25, -0.2) is 0 Å². The van der Waals surface area contributed by atoms with Crippen LogP contribution in [-0.2, 0) is 4.74 Å². The molecule has 0 bridgehead atoms. The van der Waals surface area contributed by atoms with Crippen LogP contribution in [0.15, 0.2) is 6.20 Å². The lowest BCUT2D eigenvalue weighted by Crippen LogP contribution is -2.13. The predicted molar refractivity (Wildman–Crippen MR) is 46.4 cm³/mol. The Kier molecular flexibility index (Phi) is 3.57. The minimum absolute atomic E-state index is 0.00537. The quantitative estimate of drug-likeness (QED) is 0.681. The molecule has 0 fully saturated rings. The number of carbonyl (C=O) groups excluding carboxylic acids is 1. The van der Waals surface area contributed by atoms with E-state index in [0.717, 1.165) is 0 Å². The molecular formula is C8H13N3O2. The molecule has 1 heterocycles. The number of methoxy groups -OCH3 is 1. The van der Waals surface area contributed by atoms with Gasteiger partial charge in [-0.1, -0.05) is 6.92 Å². The van der Waals surface area contributed by atoms with Crippen LogP contribution < -0.4 is 0 Å². The standard InChI is InChI=1S/C8H13N3O2/c1-6(3-4-13-2)8(12)7-5-9-11-10-7/h5-6H,3-4H2,1-2H3,(H,9,10,11). The van der Waals surface area contributed by atoms with Crippen molar-refractivity contribution in [2.24, 2.45) is 5.92 Å². The van der Waals surface area contributed by atoms with Crippen molar-refractivity contribution in [3.05, 3.63) is 11.9 Å². The molecule has 1 rings (SSSR count). The summed E-state index contributed by atoms with van der Waals surface area (Å²) < 4.78 is 4.88. The van der Waals surface area contributed by atoms with E-state index in [1.165, 1.54) is 6.20 Å². The first-order valence-electron chi connectivity index (χ1n) is 4.14. The summed E-state index contributed by atoms with van der Waals surface area (Å²) in [6.07, 6.45) is 2.15. The van der Waals surface area contributed by atoms with Gasteiger partial charge in [-0.05, 0) is 6.42 Å². The second-order valence-corrected chi connectivity index (χ2v) is 2.90. The van der Waals surface area contributed by atoms with E-state index in [1.807, 2.05) is 6.92 Å². The van der Waals surface area contributed by atoms with Crippen molar-refractivity contribution in [1.29, 1.82) is 0 Å². The van der Waals surface area contributed by atoms with Gasteiger partial charge in [0.05, 0.1) is 6.20 Å². The number of ketones is 1. The number of aromatic amines is 1. The second kappa shape index (κ2) is 4.71. The molecule has 5 heteroatoms. The van der Waals surface area contributed by atoms with Gasteiger partial charge in [-0.3, -0.25) is 4.79 Å². The Morgan fingerprint density at radius 1 is 1.77 bits per heavy atom. The van der Waals surface area contributed by atoms with Crippen LogP contribution in [0.1, 0.15) is 23.8 Å². The minimum atomic E-state index is -0.0648. The number of aromatic nitrogens is 3. The normalized spacial score (nSPS) is 12.8. The fourth-order valence-corrected chi connectivity index (χ4v) is 0.999. The largest absolute Gasteiger partial charge is 0.385 e. The highest BCUT2D eigenvalue weighted by Gasteiger charge is 2.16. The number of carbonyl (C=O) groups is 1. The molecule has 13 heavy (non-hydrogen) atoms. The fourth-order valence-electron chi connectivity index (χ4n) is 0.999. The highest BCUT2D eigenvalue weighted by molar-refractivity contribution is 5.95. The maximum absolute atomic E-state index is 11.5. The molecule has 1 aromatic heterocycles. The molecule has 1 aromatic rings. The van der Waals surface area contributed by atoms with Gasteiger partial charge in [0, 0.05) is 19.6 Å². The molecule has 1 unspecified atom stereocenters. The predicted octanol–water partition coefficient (Wildman–Crippen LogP) is 0.660. The van der Waals surface area contributed by atoms with Gasteiger partial charge in [-0.15, -0.1) is 0 Å². The molecule has 1 atom stereocenters. The Morgan fingerprint density at radius 2 is 2.54 bits per heavy atom. The van der Waals surface area contributed by atoms with Crippen molar-refractivity contribution < 1.29 is 9.53 Å². The van der Waals surface area contributed by atoms with Gasteiger partial charge < -0.3 is 4.74 Å². The maximum atomic E-state index is 11.5. The third-order valence-electron chi connectivity index (χ3n) is 1.87. The number of ether oxygens (including phenoxy) is 1. The molecule has 0 aliphatic heterocycles. The van der Waals surface area contributed by atoms with Crippen LogP contribution in [-0.4, -0.2) is 34.9 Å². The van der Waals surface area contributed by atoms with E-state index in [4.69, 9.17) is 4.74 Å². The maximum Gasteiger partial charge on any atom is 0.187 e. The van der Waals surface area contributed by atoms with Crippen molar-refractivity contribution in [2.75, 3.05) is 13.7 Å². The van der Waals surface area contributed by atoms with E-state index in [1.54, 1.807) is 7.11 Å². The number of H-pyrrole nitrogens is 1. The lowest BCUT2D eigenvalue weighted by atomic mass is 10.0. The molecule has 72 valence electrons. The molecule has 0 radical (unpaired) electrons. The monoisotopic (exact) mass is 183 g/mol. The SMILES string of the molecule is COCCC(C)C(=O)c1cn[nH]n1. The molecule has 0 saturated heterocycles. The Hall–Kier alpha value is -1.23. The Morgan fingerprint density at radius 3 is 3.08 bits per heavy atom. The zero-order valence-corrected chi connectivity index (χ0v) is 7.78. The van der Waals surface area contributed by atoms with Gasteiger partial charge in [0.15, 0.2) is 5.78 Å². The highest BCUT2D eigenvalue weighted by Crippen LogP contribution is 2.08. The first-order valence-corrected chi connectivity index (χ1v) is 4.14. The van der Waals surface area contributed by atoms with Crippen molar-refractivity contribution in [3.8, 4) is 0 Å². The first kappa shape index (κ1) is 9.85. The summed E-state index contributed by atoms with van der Waals surface area (Å²) in [6, 6.07) is 0. The molecule has 0 saturated carbocycles. The van der Waals surface area contributed by atoms with Gasteiger partial charge in [0.1, 0.15) is 5.69 Å². The van der Waals surface area contributed by atoms with Crippen molar-refractivity contribution in [1.82, 2.24) is 15.4 Å². The number of nitrogens with one attached hydrogen (secondary N) is 1. The zero-order chi connectivity index (χ0) is 9.68. The lowest BCUT2D eigenvalue weighted by molar-refractivity contribution is 0.0888. The first-order chi connectivity index (χ1) is 6.25. The number of Topliss-reactive ketones (excluding diaryl/α,β-unsaturated/α-hetero) is 1. The van der Waals surface area contributed by atoms with Crippen LogP contribution in [0.2, 0.25) is 0 Å². The summed E-state index contributed by atoms with van der Waals surface area (Å²) in [5, 5.41) is 9.71. The molecule has 0 aromatic carbocycles. The Balaban J connectivity index is 2.48. The van der Waals surface area contributed by atoms with E-state index in [-0.39, 0.29) is 11.7 Å². The van der Waals surface area contributed by atoms with E-state index >= 15 is 0 Å². The van der Waals surface area contributed by atoms with Crippen LogP contribution in [0.25, 0.3) is 0 Å². The number of rotatable bonds is 5. The van der Waals surface area contributed by atoms with E-state index in [0.29, 0.717) is 18.7 Å². The van der Waals surface area contributed by atoms with Crippen LogP contribution in [0, 0.1) is 5.92 Å². The topological polar surface area (TPSA) is 67.9 Å². The third-order valence-corrected chi connectivity index (χ3v) is 1.87. The average molecular weight is 183 g/mol. The minimum Gasteiger partial charge on any atom is -0.385 e. The molecule has 0 aliphatic rings. The summed E-state index contributed by atoms with van der Waals surface area (Å²) in [4.78, 5) is 11.5. The zero-order valence-electron chi connectivity index (χ0n) is 7.78. The molecule has 0 amide bonds. The smallest absolute Gasteiger partial charge is 0.187 e. The van der Waals surface area contributed by atoms with E-state index in [9.17, 15) is 4.79 Å². The van der Waals surface area contributed by atoms with Gasteiger partial charge in [0.2, 0.25) is 0 Å². The molecule has 0 spiro atoms. The Labute approximate surface area is 76.5 Å². The number of hydrogen-bond acceptors (Lipinski definition) is 4. The van der Waals surface area contributed by atoms with E-state index in [2.05, 4.69) is 15.4 Å². The van der Waals surface area contributed by atoms with Gasteiger partial charge in [0.25, 0.3) is 0 Å². The lowest BCUT2D eigenvalue weighted by Gasteiger charge is -2.06. The van der Waals surface area contributed by atoms with Gasteiger partial charge in [-0.2, -0.15) is 15.4 Å². The molecule has 5 nitrogen and oxygen atoms in total. The van der Waals surface area contributed by atoms with Crippen LogP contribution in [0.5, 0.6) is 0 Å². The summed E-state index contributed by atoms with van der Waals surface area (Å²) in [6.45, 7) is 2.45. The number of hydrogen-bond donors (Lipinski definition) is 1. The highest BCUT2D eigenvalue weighted by atomic mass is 16.5. The van der Waals surface area contributed by atoms with Crippen molar-refractivity contribution >= 4 is 5.78 Å². The summed E-state index contributed by atoms with van der Waals surface area (Å²) in [5.74, 6) is -0.0594. The van der Waals surface area contributed by atoms with E-state index < -0.39 is 0 Å². The van der Waals surface area contributed by atoms with Crippen molar-refractivity contribution in [2.45, 2.75) is 13.3 Å². The molecular weight excluding hydrogens is 170 g/mol. The average Bonchev–Trinajstić information content (AvgIpc) is 2.65. The summed E-state index contributed by atoms with van der Waals surface area (Å²) in [5.41, 5.74) is 0.392. The summed E-state index contributed by atoms with van der Waals surface area (Å²) >= 11 is 0. The Bertz CT molecular complexity index is 258. The number of nitrogens with zero attached hydrogens (tertiary/aromatic N) is 2. The second-order valence-electron chi connectivity index (χ2n) is 2.90. The van der Waals surface area contributed by atoms with Crippen LogP contribution in [0.4, 0.5) is 0 Å². The molecule has 1 N–H and O–H groups in total. The van der Waals surface area contributed by atoms with Crippen LogP contribution >= 0.6 is 0 Å². The van der Waals surface area contributed by atoms with Crippen LogP contribution in [0.3, 0.4) is 0 Å². The fraction of sp³-hybridized carbons (Fsp3) is 0.625.